The normalized spacial score (nSPS) is 10.1. The number of nitriles is 1. The average molecular weight is 560 g/mol. The molecule has 0 aliphatic rings. The molecule has 1 N–H and O–H groups in total. The van der Waals surface area contributed by atoms with Crippen molar-refractivity contribution in [3.63, 3.8) is 0 Å². The molecule has 0 radical (unpaired) electrons. The molecule has 42 heavy (non-hydrogen) atoms. The Morgan fingerprint density at radius 2 is 1.26 bits per heavy atom. The number of phenols is 1. The second kappa shape index (κ2) is 14.6. The van der Waals surface area contributed by atoms with Gasteiger partial charge < -0.3 is 9.84 Å². The van der Waals surface area contributed by atoms with Crippen molar-refractivity contribution in [1.82, 2.24) is 0 Å². The van der Waals surface area contributed by atoms with Gasteiger partial charge in [-0.25, -0.2) is 4.79 Å². The molecule has 0 unspecified atom stereocenters. The van der Waals surface area contributed by atoms with Gasteiger partial charge in [0.05, 0.1) is 12.2 Å². The zero-order valence-electron chi connectivity index (χ0n) is 25.1. The number of phenolic OH excluding ortho intramolecular Hbond substituents is 1. The molecule has 0 aliphatic heterocycles. The molecule has 0 heterocycles. The van der Waals surface area contributed by atoms with E-state index >= 15 is 0 Å². The second-order valence-corrected chi connectivity index (χ2v) is 10.4. The molecule has 5 nitrogen and oxygen atoms in total. The van der Waals surface area contributed by atoms with Crippen LogP contribution in [0.25, 0.3) is 5.57 Å². The summed E-state index contributed by atoms with van der Waals surface area (Å²) in [6, 6.07) is 28.4. The van der Waals surface area contributed by atoms with E-state index in [1.807, 2.05) is 114 Å². The van der Waals surface area contributed by atoms with E-state index in [1.54, 1.807) is 12.1 Å². The molecule has 4 aromatic rings. The van der Waals surface area contributed by atoms with Gasteiger partial charge in [-0.3, -0.25) is 4.79 Å². The Morgan fingerprint density at radius 3 is 1.74 bits per heavy atom. The first kappa shape index (κ1) is 31.6. The topological polar surface area (TPSA) is 87.4 Å². The van der Waals surface area contributed by atoms with Crippen LogP contribution in [0.3, 0.4) is 0 Å². The van der Waals surface area contributed by atoms with Crippen molar-refractivity contribution >= 4 is 17.3 Å². The van der Waals surface area contributed by atoms with E-state index in [0.717, 1.165) is 38.9 Å². The van der Waals surface area contributed by atoms with Crippen molar-refractivity contribution in [2.45, 2.75) is 48.0 Å². The van der Waals surface area contributed by atoms with Gasteiger partial charge in [-0.1, -0.05) is 96.4 Å². The minimum atomic E-state index is -0.572. The number of aromatic hydroxyl groups is 1. The summed E-state index contributed by atoms with van der Waals surface area (Å²) in [6.45, 7) is 12.0. The van der Waals surface area contributed by atoms with E-state index in [9.17, 15) is 20.0 Å². The highest BCUT2D eigenvalue weighted by molar-refractivity contribution is 6.11. The van der Waals surface area contributed by atoms with E-state index in [-0.39, 0.29) is 17.1 Å². The van der Waals surface area contributed by atoms with Crippen LogP contribution in [0, 0.1) is 45.9 Å². The summed E-state index contributed by atoms with van der Waals surface area (Å²) in [7, 11) is 0. The molecule has 0 aliphatic carbocycles. The summed E-state index contributed by atoms with van der Waals surface area (Å²) in [5.41, 5.74) is 8.45. The third kappa shape index (κ3) is 8.05. The van der Waals surface area contributed by atoms with Crippen molar-refractivity contribution < 1.29 is 19.4 Å². The van der Waals surface area contributed by atoms with Crippen LogP contribution in [0.5, 0.6) is 5.75 Å². The molecule has 0 saturated heterocycles. The first-order valence-corrected chi connectivity index (χ1v) is 13.9. The zero-order valence-corrected chi connectivity index (χ0v) is 25.1. The Labute approximate surface area is 248 Å². The number of ketones is 1. The van der Waals surface area contributed by atoms with Crippen molar-refractivity contribution in [2.75, 3.05) is 6.61 Å². The zero-order chi connectivity index (χ0) is 30.8. The number of aryl methyl sites for hydroxylation is 5. The lowest BCUT2D eigenvalue weighted by molar-refractivity contribution is -0.138. The number of benzene rings is 4. The summed E-state index contributed by atoms with van der Waals surface area (Å²) < 4.78 is 5.21. The lowest BCUT2D eigenvalue weighted by Crippen LogP contribution is -2.10. The Balaban J connectivity index is 0.000000240. The van der Waals surface area contributed by atoms with Crippen LogP contribution in [0.4, 0.5) is 0 Å². The minimum Gasteiger partial charge on any atom is -0.507 e. The lowest BCUT2D eigenvalue weighted by atomic mass is 9.91. The summed E-state index contributed by atoms with van der Waals surface area (Å²) in [5, 5.41) is 19.5. The molecule has 0 fully saturated rings. The van der Waals surface area contributed by atoms with Crippen molar-refractivity contribution in [2.24, 2.45) is 0 Å². The number of carbonyl (C=O) groups excluding carboxylic acids is 2. The fourth-order valence-electron chi connectivity index (χ4n) is 4.57. The highest BCUT2D eigenvalue weighted by Crippen LogP contribution is 2.29. The van der Waals surface area contributed by atoms with Gasteiger partial charge in [-0.05, 0) is 75.4 Å². The number of esters is 1. The molecule has 214 valence electrons. The third-order valence-electron chi connectivity index (χ3n) is 6.64. The number of hydrogen-bond acceptors (Lipinski definition) is 5. The molecule has 0 amide bonds. The first-order chi connectivity index (χ1) is 20.0. The fraction of sp³-hybridized carbons (Fsp3) is 0.216. The fourth-order valence-corrected chi connectivity index (χ4v) is 4.57. The molecular formula is C37H37NO4. The van der Waals surface area contributed by atoms with Crippen LogP contribution in [0.2, 0.25) is 0 Å². The van der Waals surface area contributed by atoms with Crippen LogP contribution in [0.15, 0.2) is 90.5 Å². The highest BCUT2D eigenvalue weighted by Gasteiger charge is 2.20. The highest BCUT2D eigenvalue weighted by atomic mass is 16.5. The predicted octanol–water partition coefficient (Wildman–Crippen LogP) is 8.13. The minimum absolute atomic E-state index is 0.0413. The summed E-state index contributed by atoms with van der Waals surface area (Å²) in [5.74, 6) is -0.665. The Kier molecular flexibility index (Phi) is 11.0. The van der Waals surface area contributed by atoms with Gasteiger partial charge in [0.25, 0.3) is 0 Å². The number of carbonyl (C=O) groups is 2. The molecule has 5 heteroatoms. The Morgan fingerprint density at radius 1 is 0.738 bits per heavy atom. The molecule has 0 bridgehead atoms. The van der Waals surface area contributed by atoms with Gasteiger partial charge in [-0.15, -0.1) is 0 Å². The SMILES string of the molecule is CCCOC(=O)C(C#N)=C(c1cccc(C)c1)c1cccc(C)c1.Cc1ccc(C(=O)c2ccc(C)cc2O)c(C)c1. The number of nitrogens with zero attached hydrogens (tertiary/aromatic N) is 1. The van der Waals surface area contributed by atoms with Gasteiger partial charge in [0.15, 0.2) is 5.78 Å². The maximum absolute atomic E-state index is 12.4. The van der Waals surface area contributed by atoms with Crippen LogP contribution >= 0.6 is 0 Å². The quantitative estimate of drug-likeness (QED) is 0.107. The van der Waals surface area contributed by atoms with E-state index in [0.29, 0.717) is 29.7 Å². The van der Waals surface area contributed by atoms with Crippen molar-refractivity contribution in [3.8, 4) is 11.8 Å². The summed E-state index contributed by atoms with van der Waals surface area (Å²) in [6.07, 6.45) is 0.717. The summed E-state index contributed by atoms with van der Waals surface area (Å²) in [4.78, 5) is 24.7. The van der Waals surface area contributed by atoms with Gasteiger partial charge >= 0.3 is 5.97 Å². The van der Waals surface area contributed by atoms with Crippen molar-refractivity contribution in [1.29, 1.82) is 5.26 Å². The largest absolute Gasteiger partial charge is 0.507 e. The smallest absolute Gasteiger partial charge is 0.349 e. The molecule has 0 atom stereocenters. The Hall–Kier alpha value is -4.95. The van der Waals surface area contributed by atoms with Gasteiger partial charge in [0, 0.05) is 11.1 Å². The average Bonchev–Trinajstić information content (AvgIpc) is 2.94. The number of hydrogen-bond donors (Lipinski definition) is 1. The molecule has 4 aromatic carbocycles. The maximum atomic E-state index is 12.4. The van der Waals surface area contributed by atoms with Gasteiger partial charge in [0.1, 0.15) is 17.4 Å². The van der Waals surface area contributed by atoms with E-state index in [4.69, 9.17) is 4.74 Å². The lowest BCUT2D eigenvalue weighted by Gasteiger charge is -2.13. The van der Waals surface area contributed by atoms with Crippen molar-refractivity contribution in [3.05, 3.63) is 141 Å². The molecule has 0 aromatic heterocycles. The van der Waals surface area contributed by atoms with E-state index in [2.05, 4.69) is 6.07 Å². The van der Waals surface area contributed by atoms with Crippen LogP contribution in [-0.2, 0) is 9.53 Å². The molecule has 0 spiro atoms. The predicted molar refractivity (Wildman–Crippen MR) is 167 cm³/mol. The van der Waals surface area contributed by atoms with E-state index in [1.165, 1.54) is 0 Å². The van der Waals surface area contributed by atoms with Gasteiger partial charge in [-0.2, -0.15) is 5.26 Å². The Bertz CT molecular complexity index is 1570. The standard InChI is InChI=1S/C21H21NO2.C16H16O2/c1-4-11-24-21(23)19(14-22)20(17-9-5-7-15(2)12-17)18-10-6-8-16(3)13-18;1-10-4-6-13(12(3)8-10)16(18)14-7-5-11(2)9-15(14)17/h5-10,12-13H,4,11H2,1-3H3;4-9,17H,1-3H3. The molecular weight excluding hydrogens is 522 g/mol. The van der Waals surface area contributed by atoms with Crippen LogP contribution < -0.4 is 0 Å². The van der Waals surface area contributed by atoms with Gasteiger partial charge in [0.2, 0.25) is 0 Å². The number of ether oxygens (including phenoxy) is 1. The van der Waals surface area contributed by atoms with Crippen LogP contribution in [0.1, 0.15) is 68.2 Å². The monoisotopic (exact) mass is 559 g/mol. The second-order valence-electron chi connectivity index (χ2n) is 10.4. The molecule has 0 saturated carbocycles. The van der Waals surface area contributed by atoms with E-state index < -0.39 is 5.97 Å². The number of rotatable bonds is 7. The van der Waals surface area contributed by atoms with Crippen LogP contribution in [-0.4, -0.2) is 23.5 Å². The summed E-state index contributed by atoms with van der Waals surface area (Å²) >= 11 is 0. The molecule has 4 rings (SSSR count). The maximum Gasteiger partial charge on any atom is 0.349 e. The first-order valence-electron chi connectivity index (χ1n) is 13.9. The third-order valence-corrected chi connectivity index (χ3v) is 6.64.